The van der Waals surface area contributed by atoms with Crippen LogP contribution in [0.5, 0.6) is 0 Å². The van der Waals surface area contributed by atoms with Gasteiger partial charge in [-0.25, -0.2) is 13.1 Å². The molecule has 2 aromatic rings. The molecular weight excluding hydrogens is 496 g/mol. The van der Waals surface area contributed by atoms with Crippen LogP contribution >= 0.6 is 15.9 Å². The first-order valence-corrected chi connectivity index (χ1v) is 13.1. The molecule has 0 radical (unpaired) electrons. The summed E-state index contributed by atoms with van der Waals surface area (Å²) < 4.78 is 28.2. The van der Waals surface area contributed by atoms with Crippen LogP contribution in [0.15, 0.2) is 39.9 Å². The van der Waals surface area contributed by atoms with Gasteiger partial charge in [-0.2, -0.15) is 5.10 Å². The zero-order valence-corrected chi connectivity index (χ0v) is 20.6. The van der Waals surface area contributed by atoms with Gasteiger partial charge in [-0.15, -0.1) is 0 Å². The van der Waals surface area contributed by atoms with Crippen LogP contribution in [0.3, 0.4) is 0 Å². The van der Waals surface area contributed by atoms with Gasteiger partial charge in [-0.1, -0.05) is 21.5 Å². The van der Waals surface area contributed by atoms with Gasteiger partial charge in [0.2, 0.25) is 10.0 Å². The Kier molecular flexibility index (Phi) is 6.02. The first kappa shape index (κ1) is 22.7. The predicted octanol–water partition coefficient (Wildman–Crippen LogP) is 3.92. The largest absolute Gasteiger partial charge is 0.330 e. The van der Waals surface area contributed by atoms with Crippen molar-refractivity contribution >= 4 is 43.5 Å². The molecule has 4 rings (SSSR count). The number of sulfonamides is 1. The minimum atomic E-state index is -3.56. The van der Waals surface area contributed by atoms with Gasteiger partial charge in [0.15, 0.2) is 0 Å². The molecule has 2 aliphatic heterocycles. The molecule has 0 unspecified atom stereocenters. The van der Waals surface area contributed by atoms with Gasteiger partial charge >= 0.3 is 0 Å². The van der Waals surface area contributed by atoms with Crippen LogP contribution in [0.25, 0.3) is 0 Å². The molecule has 32 heavy (non-hydrogen) atoms. The van der Waals surface area contributed by atoms with Crippen LogP contribution in [0.1, 0.15) is 65.7 Å². The maximum Gasteiger partial charge on any atom is 0.274 e. The van der Waals surface area contributed by atoms with Gasteiger partial charge in [-0.3, -0.25) is 14.3 Å². The van der Waals surface area contributed by atoms with Gasteiger partial charge in [0, 0.05) is 23.0 Å². The van der Waals surface area contributed by atoms with E-state index >= 15 is 0 Å². The molecule has 0 bridgehead atoms. The number of allylic oxidation sites excluding steroid dienone is 2. The summed E-state index contributed by atoms with van der Waals surface area (Å²) in [7, 11) is -3.56. The van der Waals surface area contributed by atoms with E-state index in [1.807, 2.05) is 19.9 Å². The van der Waals surface area contributed by atoms with E-state index in [0.29, 0.717) is 28.7 Å². The maximum atomic E-state index is 13.6. The van der Waals surface area contributed by atoms with Crippen molar-refractivity contribution in [2.45, 2.75) is 45.6 Å². The molecule has 1 saturated heterocycles. The Labute approximate surface area is 195 Å². The zero-order chi connectivity index (χ0) is 23.2. The highest BCUT2D eigenvalue weighted by atomic mass is 79.9. The summed E-state index contributed by atoms with van der Waals surface area (Å²) in [5.41, 5.74) is 3.75. The van der Waals surface area contributed by atoms with Gasteiger partial charge < -0.3 is 4.90 Å². The number of hydrogen-bond acceptors (Lipinski definition) is 5. The first-order valence-electron chi connectivity index (χ1n) is 10.4. The van der Waals surface area contributed by atoms with Crippen molar-refractivity contribution in [2.24, 2.45) is 0 Å². The number of aromatic nitrogens is 2. The number of anilines is 1. The number of likely N-dealkylation sites (tertiary alicyclic amines) is 1. The van der Waals surface area contributed by atoms with Crippen molar-refractivity contribution in [3.8, 4) is 0 Å². The summed E-state index contributed by atoms with van der Waals surface area (Å²) in [6.07, 6.45) is 4.22. The average Bonchev–Trinajstić information content (AvgIpc) is 3.16. The fourth-order valence-electron chi connectivity index (χ4n) is 4.27. The van der Waals surface area contributed by atoms with Crippen molar-refractivity contribution in [3.63, 3.8) is 0 Å². The molecule has 2 aliphatic rings. The van der Waals surface area contributed by atoms with E-state index in [0.717, 1.165) is 36.8 Å². The Balaban J connectivity index is 1.70. The molecule has 0 aliphatic carbocycles. The fourth-order valence-corrected chi connectivity index (χ4v) is 5.21. The third kappa shape index (κ3) is 4.38. The second-order valence-corrected chi connectivity index (χ2v) is 11.1. The summed E-state index contributed by atoms with van der Waals surface area (Å²) in [4.78, 5) is 28.0. The third-order valence-electron chi connectivity index (χ3n) is 6.01. The number of nitrogens with one attached hydrogen (secondary N) is 1. The van der Waals surface area contributed by atoms with E-state index in [4.69, 9.17) is 0 Å². The van der Waals surface area contributed by atoms with E-state index in [1.165, 1.54) is 4.68 Å². The lowest BCUT2D eigenvalue weighted by Gasteiger charge is -2.35. The summed E-state index contributed by atoms with van der Waals surface area (Å²) in [6, 6.07) is 6.51. The monoisotopic (exact) mass is 520 g/mol. The number of amides is 1. The Morgan fingerprint density at radius 3 is 2.69 bits per heavy atom. The number of piperidine rings is 1. The van der Waals surface area contributed by atoms with Crippen molar-refractivity contribution < 1.29 is 18.0 Å². The molecule has 10 heteroatoms. The standard InChI is InChI=1S/C22H25BrN4O4S/c1-13-10-16-12-19(24-27(16)21(28)14(13)2)20-6-4-5-9-26(20)22(29)17-11-15(23)7-8-18(17)25-32(3,30)31/h7-8,11-12,20,25H,4-6,9-10H2,1-3H3/t20-/m0/s1. The maximum absolute atomic E-state index is 13.6. The number of carbonyl (C=O) groups is 2. The van der Waals surface area contributed by atoms with E-state index in [9.17, 15) is 18.0 Å². The number of benzene rings is 1. The van der Waals surface area contributed by atoms with Gasteiger partial charge in [0.25, 0.3) is 11.8 Å². The first-order chi connectivity index (χ1) is 15.0. The van der Waals surface area contributed by atoms with Crippen LogP contribution in [0, 0.1) is 0 Å². The number of nitrogens with zero attached hydrogens (tertiary/aromatic N) is 3. The van der Waals surface area contributed by atoms with E-state index in [2.05, 4.69) is 25.8 Å². The van der Waals surface area contributed by atoms with Crippen LogP contribution in [0.2, 0.25) is 0 Å². The molecule has 1 amide bonds. The van der Waals surface area contributed by atoms with Crippen LogP contribution < -0.4 is 4.72 Å². The van der Waals surface area contributed by atoms with Gasteiger partial charge in [0.1, 0.15) is 0 Å². The molecule has 0 saturated carbocycles. The van der Waals surface area contributed by atoms with Gasteiger partial charge in [0.05, 0.1) is 34.9 Å². The number of rotatable bonds is 4. The summed E-state index contributed by atoms with van der Waals surface area (Å²) >= 11 is 3.38. The smallest absolute Gasteiger partial charge is 0.274 e. The average molecular weight is 521 g/mol. The normalized spacial score (nSPS) is 19.2. The highest BCUT2D eigenvalue weighted by Gasteiger charge is 2.34. The Hall–Kier alpha value is -2.46. The van der Waals surface area contributed by atoms with Crippen molar-refractivity contribution in [3.05, 3.63) is 56.8 Å². The lowest BCUT2D eigenvalue weighted by molar-refractivity contribution is 0.0606. The SMILES string of the molecule is CC1=C(C)C(=O)n2nc([C@@H]3CCCCN3C(=O)c3cc(Br)ccc3NS(C)(=O)=O)cc2C1. The highest BCUT2D eigenvalue weighted by molar-refractivity contribution is 9.10. The number of hydrogen-bond donors (Lipinski definition) is 1. The van der Waals surface area contributed by atoms with Crippen LogP contribution in [-0.4, -0.2) is 47.7 Å². The fraction of sp³-hybridized carbons (Fsp3) is 0.409. The second kappa shape index (κ2) is 8.47. The number of fused-ring (bicyclic) bond motifs is 1. The molecule has 1 atom stereocenters. The summed E-state index contributed by atoms with van der Waals surface area (Å²) in [6.45, 7) is 4.28. The quantitative estimate of drug-likeness (QED) is 0.658. The lowest BCUT2D eigenvalue weighted by Crippen LogP contribution is -2.39. The van der Waals surface area contributed by atoms with E-state index in [1.54, 1.807) is 23.1 Å². The summed E-state index contributed by atoms with van der Waals surface area (Å²) in [5, 5.41) is 4.58. The Morgan fingerprint density at radius 2 is 1.97 bits per heavy atom. The molecule has 1 N–H and O–H groups in total. The minimum Gasteiger partial charge on any atom is -0.330 e. The number of carbonyl (C=O) groups excluding carboxylic acids is 2. The van der Waals surface area contributed by atoms with Crippen molar-refractivity contribution in [1.82, 2.24) is 14.7 Å². The third-order valence-corrected chi connectivity index (χ3v) is 7.10. The van der Waals surface area contributed by atoms with E-state index < -0.39 is 10.0 Å². The molecular formula is C22H25BrN4O4S. The molecule has 3 heterocycles. The second-order valence-electron chi connectivity index (χ2n) is 8.43. The lowest BCUT2D eigenvalue weighted by atomic mass is 9.96. The molecule has 1 fully saturated rings. The van der Waals surface area contributed by atoms with Gasteiger partial charge in [-0.05, 0) is 57.4 Å². The van der Waals surface area contributed by atoms with Crippen molar-refractivity contribution in [2.75, 3.05) is 17.5 Å². The molecule has 8 nitrogen and oxygen atoms in total. The number of halogens is 1. The van der Waals surface area contributed by atoms with E-state index in [-0.39, 0.29) is 29.1 Å². The minimum absolute atomic E-state index is 0.129. The van der Waals surface area contributed by atoms with Crippen LogP contribution in [-0.2, 0) is 16.4 Å². The highest BCUT2D eigenvalue weighted by Crippen LogP contribution is 2.35. The van der Waals surface area contributed by atoms with Crippen molar-refractivity contribution in [1.29, 1.82) is 0 Å². The summed E-state index contributed by atoms with van der Waals surface area (Å²) in [5.74, 6) is -0.403. The molecule has 170 valence electrons. The van der Waals surface area contributed by atoms with Crippen LogP contribution in [0.4, 0.5) is 5.69 Å². The Morgan fingerprint density at radius 1 is 1.22 bits per heavy atom. The molecule has 1 aromatic carbocycles. The Bertz CT molecular complexity index is 1250. The zero-order valence-electron chi connectivity index (χ0n) is 18.2. The predicted molar refractivity (Wildman–Crippen MR) is 125 cm³/mol. The molecule has 1 aromatic heterocycles. The molecule has 0 spiro atoms. The topological polar surface area (TPSA) is 101 Å².